The van der Waals surface area contributed by atoms with E-state index in [0.717, 1.165) is 19.5 Å². The van der Waals surface area contributed by atoms with Gasteiger partial charge in [-0.1, -0.05) is 232 Å². The molecule has 0 aliphatic heterocycles. The molecule has 0 saturated heterocycles. The summed E-state index contributed by atoms with van der Waals surface area (Å²) in [6.07, 6.45) is 53.7. The Kier molecular flexibility index (Phi) is 32.2. The highest BCUT2D eigenvalue weighted by atomic mass is 32.1. The van der Waals surface area contributed by atoms with E-state index < -0.39 is 0 Å². The lowest BCUT2D eigenvalue weighted by atomic mass is 10.0. The van der Waals surface area contributed by atoms with Crippen molar-refractivity contribution in [1.82, 2.24) is 0 Å². The van der Waals surface area contributed by atoms with Crippen LogP contribution < -0.4 is 0 Å². The predicted octanol–water partition coefficient (Wildman–Crippen LogP) is 25.7. The van der Waals surface area contributed by atoms with Gasteiger partial charge >= 0.3 is 0 Å². The zero-order chi connectivity index (χ0) is 53.1. The summed E-state index contributed by atoms with van der Waals surface area (Å²) in [7, 11) is 0. The molecule has 0 aliphatic rings. The topological polar surface area (TPSA) is 34.1 Å². The number of carbonyl (C=O) groups is 2. The first-order chi connectivity index (χ1) is 37.5. The van der Waals surface area contributed by atoms with Crippen LogP contribution in [0.3, 0.4) is 0 Å². The highest BCUT2D eigenvalue weighted by Gasteiger charge is 2.18. The molecule has 76 heavy (non-hydrogen) atoms. The van der Waals surface area contributed by atoms with E-state index in [4.69, 9.17) is 0 Å². The largest absolute Gasteiger partial charge is 0.293 e. The van der Waals surface area contributed by atoms with Crippen LogP contribution in [0.15, 0.2) is 72.8 Å². The van der Waals surface area contributed by atoms with Gasteiger partial charge in [-0.3, -0.25) is 9.59 Å². The minimum Gasteiger partial charge on any atom is -0.293 e. The van der Waals surface area contributed by atoms with Gasteiger partial charge in [-0.25, -0.2) is 0 Å². The molecular formula is C68H98O2S6. The second kappa shape index (κ2) is 39.0. The molecule has 0 bridgehead atoms. The molecule has 0 amide bonds. The lowest BCUT2D eigenvalue weighted by molar-refractivity contribution is 0.0921. The number of aryl methyl sites for hydroxylation is 2. The van der Waals surface area contributed by atoms with Crippen molar-refractivity contribution in [1.29, 1.82) is 0 Å². The highest BCUT2D eigenvalue weighted by molar-refractivity contribution is 7.27. The van der Waals surface area contributed by atoms with Gasteiger partial charge in [-0.2, -0.15) is 0 Å². The standard InChI is InChI=1S/C68H98O2S6/c1-3-5-7-9-11-13-15-17-19-21-23-25-27-29-31-33-35-37-39-55-41-45-61(71-55)63-51-53-67(75-63)65-49-47-59(73-65)57(69)43-44-58(70)60-48-50-66(74-60)68-54-52-64(76-68)62-46-42-56(72-62)40-38-36-34-32-30-28-26-24-22-20-18-16-14-12-10-8-6-4-2/h41-42,45-54H,3-40,43-44H2,1-2H3. The summed E-state index contributed by atoms with van der Waals surface area (Å²) in [5.74, 6) is 0.109. The van der Waals surface area contributed by atoms with Gasteiger partial charge in [0.2, 0.25) is 0 Å². The minimum absolute atomic E-state index is 0.0547. The zero-order valence-electron chi connectivity index (χ0n) is 47.5. The molecule has 6 aromatic heterocycles. The fraction of sp³-hybridized carbons (Fsp3) is 0.618. The SMILES string of the molecule is CCCCCCCCCCCCCCCCCCCCc1ccc(-c2ccc(-c3ccc(C(=O)CCC(=O)c4ccc(-c5ccc(-c6ccc(CCCCCCCCCCCCCCCCCCCC)s6)s5)s4)s3)s2)s1. The summed E-state index contributed by atoms with van der Waals surface area (Å²) >= 11 is 10.6. The minimum atomic E-state index is 0.0547. The molecule has 0 spiro atoms. The van der Waals surface area contributed by atoms with Crippen molar-refractivity contribution >= 4 is 79.6 Å². The van der Waals surface area contributed by atoms with Gasteiger partial charge in [-0.15, -0.1) is 68.0 Å². The molecule has 6 rings (SSSR count). The molecule has 0 unspecified atom stereocenters. The van der Waals surface area contributed by atoms with E-state index in [-0.39, 0.29) is 24.4 Å². The molecule has 0 saturated carbocycles. The summed E-state index contributed by atoms with van der Waals surface area (Å²) in [5, 5.41) is 0. The maximum Gasteiger partial charge on any atom is 0.173 e. The number of carbonyl (C=O) groups excluding carboxylic acids is 2. The van der Waals surface area contributed by atoms with Gasteiger partial charge in [0.25, 0.3) is 0 Å². The van der Waals surface area contributed by atoms with Crippen molar-refractivity contribution < 1.29 is 9.59 Å². The van der Waals surface area contributed by atoms with Crippen molar-refractivity contribution in [2.45, 2.75) is 271 Å². The molecule has 6 heterocycles. The number of rotatable bonds is 47. The predicted molar refractivity (Wildman–Crippen MR) is 345 cm³/mol. The quantitative estimate of drug-likeness (QED) is 0.0282. The number of hydrogen-bond acceptors (Lipinski definition) is 8. The lowest BCUT2D eigenvalue weighted by Gasteiger charge is -2.04. The van der Waals surface area contributed by atoms with Gasteiger partial charge in [0, 0.05) is 61.6 Å². The Bertz CT molecular complexity index is 2250. The third-order valence-electron chi connectivity index (χ3n) is 15.4. The Labute approximate surface area is 487 Å². The first kappa shape index (κ1) is 62.7. The van der Waals surface area contributed by atoms with Crippen LogP contribution in [0.2, 0.25) is 0 Å². The Hall–Kier alpha value is -2.46. The molecule has 6 aromatic rings. The maximum absolute atomic E-state index is 13.4. The van der Waals surface area contributed by atoms with Crippen molar-refractivity contribution in [2.24, 2.45) is 0 Å². The molecule has 0 aliphatic carbocycles. The third kappa shape index (κ3) is 24.5. The normalized spacial score (nSPS) is 11.7. The molecule has 0 aromatic carbocycles. The molecule has 0 atom stereocenters. The van der Waals surface area contributed by atoms with Gasteiger partial charge in [0.1, 0.15) is 0 Å². The second-order valence-electron chi connectivity index (χ2n) is 22.1. The summed E-state index contributed by atoms with van der Waals surface area (Å²) in [4.78, 5) is 41.1. The molecular weight excluding hydrogens is 1040 g/mol. The summed E-state index contributed by atoms with van der Waals surface area (Å²) < 4.78 is 0. The third-order valence-corrected chi connectivity index (χ3v) is 22.9. The zero-order valence-corrected chi connectivity index (χ0v) is 52.4. The van der Waals surface area contributed by atoms with Gasteiger partial charge in [-0.05, 0) is 98.5 Å². The maximum atomic E-state index is 13.4. The average molecular weight is 1140 g/mol. The summed E-state index contributed by atoms with van der Waals surface area (Å²) in [6.45, 7) is 4.60. The second-order valence-corrected chi connectivity index (χ2v) is 28.7. The van der Waals surface area contributed by atoms with Crippen molar-refractivity contribution in [3.63, 3.8) is 0 Å². The number of thiophene rings is 6. The smallest absolute Gasteiger partial charge is 0.173 e. The molecule has 0 fully saturated rings. The Morgan fingerprint density at radius 3 is 0.737 bits per heavy atom. The lowest BCUT2D eigenvalue weighted by Crippen LogP contribution is -2.02. The van der Waals surface area contributed by atoms with Crippen LogP contribution in [0.25, 0.3) is 39.0 Å². The Morgan fingerprint density at radius 2 is 0.461 bits per heavy atom. The van der Waals surface area contributed by atoms with E-state index in [1.807, 2.05) is 57.5 Å². The van der Waals surface area contributed by atoms with E-state index in [1.165, 1.54) is 283 Å². The molecule has 2 nitrogen and oxygen atoms in total. The van der Waals surface area contributed by atoms with Crippen LogP contribution in [0.4, 0.5) is 0 Å². The van der Waals surface area contributed by atoms with E-state index in [2.05, 4.69) is 74.5 Å². The van der Waals surface area contributed by atoms with Gasteiger partial charge in [0.15, 0.2) is 11.6 Å². The number of ketones is 2. The first-order valence-electron chi connectivity index (χ1n) is 31.2. The van der Waals surface area contributed by atoms with Crippen LogP contribution in [-0.2, 0) is 12.8 Å². The molecule has 8 heteroatoms. The Morgan fingerprint density at radius 1 is 0.250 bits per heavy atom. The monoisotopic (exact) mass is 1140 g/mol. The summed E-state index contributed by atoms with van der Waals surface area (Å²) in [6, 6.07) is 26.2. The Balaban J connectivity index is 0.788. The molecule has 0 radical (unpaired) electrons. The van der Waals surface area contributed by atoms with Crippen LogP contribution in [0.5, 0.6) is 0 Å². The molecule has 0 N–H and O–H groups in total. The van der Waals surface area contributed by atoms with Gasteiger partial charge in [0.05, 0.1) is 9.75 Å². The van der Waals surface area contributed by atoms with Gasteiger partial charge < -0.3 is 0 Å². The van der Waals surface area contributed by atoms with Crippen LogP contribution >= 0.6 is 68.0 Å². The fourth-order valence-electron chi connectivity index (χ4n) is 10.6. The average Bonchev–Trinajstić information content (AvgIpc) is 4.31. The molecule has 418 valence electrons. The fourth-order valence-corrected chi connectivity index (χ4v) is 17.0. The van der Waals surface area contributed by atoms with Crippen LogP contribution in [-0.4, -0.2) is 11.6 Å². The van der Waals surface area contributed by atoms with E-state index >= 15 is 0 Å². The van der Waals surface area contributed by atoms with E-state index in [9.17, 15) is 9.59 Å². The summed E-state index contributed by atoms with van der Waals surface area (Å²) in [5.41, 5.74) is 0. The van der Waals surface area contributed by atoms with E-state index in [1.54, 1.807) is 22.7 Å². The number of hydrogen-bond donors (Lipinski definition) is 0. The van der Waals surface area contributed by atoms with Crippen LogP contribution in [0.1, 0.15) is 287 Å². The number of Topliss-reactive ketones (excluding diaryl/α,β-unsaturated/α-hetero) is 2. The van der Waals surface area contributed by atoms with Crippen LogP contribution in [0, 0.1) is 0 Å². The van der Waals surface area contributed by atoms with E-state index in [0.29, 0.717) is 0 Å². The van der Waals surface area contributed by atoms with Crippen molar-refractivity contribution in [3.05, 3.63) is 92.3 Å². The highest BCUT2D eigenvalue weighted by Crippen LogP contribution is 2.42. The first-order valence-corrected chi connectivity index (χ1v) is 36.0. The van der Waals surface area contributed by atoms with Crippen molar-refractivity contribution in [2.75, 3.05) is 0 Å². The van der Waals surface area contributed by atoms with Crippen molar-refractivity contribution in [3.8, 4) is 39.0 Å². The number of unbranched alkanes of at least 4 members (excludes halogenated alkanes) is 34.